The smallest absolute Gasteiger partial charge is 0.140 e. The molecule has 0 aliphatic rings. The van der Waals surface area contributed by atoms with Crippen molar-refractivity contribution in [2.45, 2.75) is 26.8 Å². The summed E-state index contributed by atoms with van der Waals surface area (Å²) >= 11 is 0. The van der Waals surface area contributed by atoms with Gasteiger partial charge in [-0.25, -0.2) is 14.4 Å². The maximum absolute atomic E-state index is 14.1. The number of aromatic amines is 1. The van der Waals surface area contributed by atoms with Crippen molar-refractivity contribution in [3.8, 4) is 11.4 Å². The van der Waals surface area contributed by atoms with Crippen molar-refractivity contribution < 1.29 is 4.39 Å². The van der Waals surface area contributed by atoms with Gasteiger partial charge in [-0.05, 0) is 25.0 Å². The molecule has 5 heteroatoms. The molecule has 0 aliphatic carbocycles. The Morgan fingerprint density at radius 1 is 1.29 bits per heavy atom. The van der Waals surface area contributed by atoms with Gasteiger partial charge in [0.15, 0.2) is 0 Å². The molecule has 0 radical (unpaired) electrons. The van der Waals surface area contributed by atoms with Gasteiger partial charge in [0.25, 0.3) is 0 Å². The van der Waals surface area contributed by atoms with E-state index in [-0.39, 0.29) is 5.82 Å². The molecule has 0 bridgehead atoms. The lowest BCUT2D eigenvalue weighted by Gasteiger charge is -2.11. The Labute approximate surface area is 122 Å². The lowest BCUT2D eigenvalue weighted by molar-refractivity contribution is 0.609. The predicted molar refractivity (Wildman–Crippen MR) is 79.4 cm³/mol. The molecule has 0 spiro atoms. The van der Waals surface area contributed by atoms with Gasteiger partial charge in [0.2, 0.25) is 0 Å². The molecule has 108 valence electrons. The molecular weight excluding hydrogens is 267 g/mol. The highest BCUT2D eigenvalue weighted by molar-refractivity contribution is 5.61. The quantitative estimate of drug-likeness (QED) is 0.799. The number of hydrogen-bond acceptors (Lipinski definition) is 2. The largest absolute Gasteiger partial charge is 0.348 e. The van der Waals surface area contributed by atoms with Crippen molar-refractivity contribution in [3.63, 3.8) is 0 Å². The Balaban J connectivity index is 1.90. The van der Waals surface area contributed by atoms with Gasteiger partial charge in [-0.2, -0.15) is 0 Å². The number of hydrogen-bond donors (Lipinski definition) is 1. The summed E-state index contributed by atoms with van der Waals surface area (Å²) in [5.41, 5.74) is 3.21. The van der Waals surface area contributed by atoms with Crippen molar-refractivity contribution in [3.05, 3.63) is 59.7 Å². The highest BCUT2D eigenvalue weighted by Crippen LogP contribution is 2.25. The molecule has 0 atom stereocenters. The summed E-state index contributed by atoms with van der Waals surface area (Å²) in [6, 6.07) is 3.73. The second-order valence-electron chi connectivity index (χ2n) is 5.14. The molecule has 0 saturated heterocycles. The van der Waals surface area contributed by atoms with Crippen molar-refractivity contribution in [2.24, 2.45) is 0 Å². The fourth-order valence-electron chi connectivity index (χ4n) is 2.46. The second-order valence-corrected chi connectivity index (χ2v) is 5.14. The molecule has 21 heavy (non-hydrogen) atoms. The number of aryl methyl sites for hydroxylation is 3. The Morgan fingerprint density at radius 2 is 2.14 bits per heavy atom. The van der Waals surface area contributed by atoms with Crippen molar-refractivity contribution >= 4 is 0 Å². The highest BCUT2D eigenvalue weighted by Gasteiger charge is 2.13. The third-order valence-electron chi connectivity index (χ3n) is 3.71. The van der Waals surface area contributed by atoms with Gasteiger partial charge in [0, 0.05) is 42.8 Å². The van der Waals surface area contributed by atoms with Crippen molar-refractivity contribution in [2.75, 3.05) is 0 Å². The second kappa shape index (κ2) is 5.52. The van der Waals surface area contributed by atoms with Crippen LogP contribution in [0.4, 0.5) is 4.39 Å². The summed E-state index contributed by atoms with van der Waals surface area (Å²) in [4.78, 5) is 11.5. The number of benzene rings is 1. The molecule has 3 rings (SSSR count). The van der Waals surface area contributed by atoms with Crippen LogP contribution < -0.4 is 0 Å². The lowest BCUT2D eigenvalue weighted by Crippen LogP contribution is -2.04. The number of nitrogens with one attached hydrogen (secondary N) is 1. The SMILES string of the molecule is Cc1ccc(-c2nccn2CCc2cnc[nH]2)c(C)c1F. The molecule has 0 saturated carbocycles. The maximum atomic E-state index is 14.1. The van der Waals surface area contributed by atoms with Crippen LogP contribution in [0.5, 0.6) is 0 Å². The van der Waals surface area contributed by atoms with Crippen LogP contribution in [0.1, 0.15) is 16.8 Å². The molecule has 1 N–H and O–H groups in total. The number of imidazole rings is 2. The van der Waals surface area contributed by atoms with Gasteiger partial charge in [0.05, 0.1) is 6.33 Å². The van der Waals surface area contributed by atoms with Gasteiger partial charge >= 0.3 is 0 Å². The van der Waals surface area contributed by atoms with Gasteiger partial charge in [-0.15, -0.1) is 0 Å². The first-order chi connectivity index (χ1) is 10.2. The molecular formula is C16H17FN4. The molecule has 3 aromatic rings. The van der Waals surface area contributed by atoms with Gasteiger partial charge < -0.3 is 9.55 Å². The summed E-state index contributed by atoms with van der Waals surface area (Å²) in [5, 5.41) is 0. The number of halogens is 1. The summed E-state index contributed by atoms with van der Waals surface area (Å²) in [5.74, 6) is 0.640. The van der Waals surface area contributed by atoms with Crippen LogP contribution in [0.25, 0.3) is 11.4 Å². The average molecular weight is 284 g/mol. The predicted octanol–water partition coefficient (Wildman–Crippen LogP) is 3.27. The van der Waals surface area contributed by atoms with Crippen LogP contribution in [-0.4, -0.2) is 19.5 Å². The van der Waals surface area contributed by atoms with Crippen LogP contribution in [0, 0.1) is 19.7 Å². The average Bonchev–Trinajstić information content (AvgIpc) is 3.14. The Bertz CT molecular complexity index is 744. The first-order valence-corrected chi connectivity index (χ1v) is 6.91. The standard InChI is InChI=1S/C16H17FN4/c1-11-3-4-14(12(2)15(11)17)16-19-6-8-21(16)7-5-13-9-18-10-20-13/h3-4,6,8-10H,5,7H2,1-2H3,(H,18,20). The van der Waals surface area contributed by atoms with E-state index in [9.17, 15) is 4.39 Å². The van der Waals surface area contributed by atoms with Crippen LogP contribution in [0.15, 0.2) is 37.1 Å². The zero-order valence-corrected chi connectivity index (χ0v) is 12.1. The maximum Gasteiger partial charge on any atom is 0.140 e. The zero-order chi connectivity index (χ0) is 14.8. The molecule has 0 unspecified atom stereocenters. The minimum absolute atomic E-state index is 0.157. The lowest BCUT2D eigenvalue weighted by atomic mass is 10.0. The zero-order valence-electron chi connectivity index (χ0n) is 12.1. The summed E-state index contributed by atoms with van der Waals surface area (Å²) in [6.07, 6.45) is 7.98. The monoisotopic (exact) mass is 284 g/mol. The van der Waals surface area contributed by atoms with Gasteiger partial charge in [0.1, 0.15) is 11.6 Å². The van der Waals surface area contributed by atoms with E-state index >= 15 is 0 Å². The topological polar surface area (TPSA) is 46.5 Å². The first-order valence-electron chi connectivity index (χ1n) is 6.91. The van der Waals surface area contributed by atoms with Crippen molar-refractivity contribution in [1.82, 2.24) is 19.5 Å². The summed E-state index contributed by atoms with van der Waals surface area (Å²) < 4.78 is 16.1. The third-order valence-corrected chi connectivity index (χ3v) is 3.71. The summed E-state index contributed by atoms with van der Waals surface area (Å²) in [7, 11) is 0. The molecule has 0 fully saturated rings. The molecule has 2 heterocycles. The van der Waals surface area contributed by atoms with E-state index < -0.39 is 0 Å². The molecule has 1 aromatic carbocycles. The molecule has 2 aromatic heterocycles. The van der Waals surface area contributed by atoms with E-state index in [4.69, 9.17) is 0 Å². The first kappa shape index (κ1) is 13.5. The number of rotatable bonds is 4. The van der Waals surface area contributed by atoms with E-state index in [0.29, 0.717) is 11.1 Å². The molecule has 0 amide bonds. The van der Waals surface area contributed by atoms with Crippen LogP contribution >= 0.6 is 0 Å². The Kier molecular flexibility index (Phi) is 3.56. The van der Waals surface area contributed by atoms with E-state index in [1.54, 1.807) is 32.4 Å². The fourth-order valence-corrected chi connectivity index (χ4v) is 2.46. The van der Waals surface area contributed by atoms with Crippen LogP contribution in [0.3, 0.4) is 0 Å². The highest BCUT2D eigenvalue weighted by atomic mass is 19.1. The van der Waals surface area contributed by atoms with Crippen LogP contribution in [0.2, 0.25) is 0 Å². The third kappa shape index (κ3) is 2.59. The van der Waals surface area contributed by atoms with E-state index in [0.717, 1.165) is 30.0 Å². The van der Waals surface area contributed by atoms with Crippen LogP contribution in [-0.2, 0) is 13.0 Å². The normalized spacial score (nSPS) is 11.0. The molecule has 4 nitrogen and oxygen atoms in total. The molecule has 0 aliphatic heterocycles. The van der Waals surface area contributed by atoms with Gasteiger partial charge in [-0.3, -0.25) is 0 Å². The Morgan fingerprint density at radius 3 is 2.90 bits per heavy atom. The van der Waals surface area contributed by atoms with E-state index in [1.807, 2.05) is 23.0 Å². The minimum atomic E-state index is -0.157. The van der Waals surface area contributed by atoms with E-state index in [1.165, 1.54) is 0 Å². The van der Waals surface area contributed by atoms with Crippen molar-refractivity contribution in [1.29, 1.82) is 0 Å². The number of aromatic nitrogens is 4. The summed E-state index contributed by atoms with van der Waals surface area (Å²) in [6.45, 7) is 4.34. The van der Waals surface area contributed by atoms with Gasteiger partial charge in [-0.1, -0.05) is 12.1 Å². The number of H-pyrrole nitrogens is 1. The fraction of sp³-hybridized carbons (Fsp3) is 0.250. The number of nitrogens with zero attached hydrogens (tertiary/aromatic N) is 3. The van der Waals surface area contributed by atoms with E-state index in [2.05, 4.69) is 15.0 Å². The minimum Gasteiger partial charge on any atom is -0.348 e. The Hall–Kier alpha value is -2.43.